The van der Waals surface area contributed by atoms with Crippen molar-refractivity contribution in [3.05, 3.63) is 121 Å². The average Bonchev–Trinajstić information content (AvgIpc) is 3.81. The summed E-state index contributed by atoms with van der Waals surface area (Å²) in [5.74, 6) is 5.39. The summed E-state index contributed by atoms with van der Waals surface area (Å²) in [6.45, 7) is 0. The highest BCUT2D eigenvalue weighted by Gasteiger charge is 2.40. The van der Waals surface area contributed by atoms with Crippen LogP contribution in [0.4, 0.5) is 0 Å². The first-order chi connectivity index (χ1) is 25.8. The van der Waals surface area contributed by atoms with Gasteiger partial charge in [-0.05, 0) is 94.2 Å². The first kappa shape index (κ1) is 32.9. The molecule has 2 nitrogen and oxygen atoms in total. The molecule has 4 heteroatoms. The molecule has 4 aliphatic rings. The van der Waals surface area contributed by atoms with E-state index in [-0.39, 0.29) is 0 Å². The number of hydrogen-bond donors (Lipinski definition) is 0. The van der Waals surface area contributed by atoms with Crippen molar-refractivity contribution >= 4 is 37.8 Å². The van der Waals surface area contributed by atoms with E-state index in [1.54, 1.807) is 0 Å². The minimum atomic E-state index is -0.604. The molecule has 0 aromatic heterocycles. The summed E-state index contributed by atoms with van der Waals surface area (Å²) in [5, 5.41) is 4.98. The third-order valence-corrected chi connectivity index (χ3v) is 17.1. The largest absolute Gasteiger partial charge is 0.473 e. The van der Waals surface area contributed by atoms with E-state index >= 15 is 0 Å². The molecule has 2 saturated heterocycles. The molecule has 0 amide bonds. The molecular formula is C48H48O2P2. The quantitative estimate of drug-likeness (QED) is 0.153. The van der Waals surface area contributed by atoms with Gasteiger partial charge in [-0.2, -0.15) is 0 Å². The van der Waals surface area contributed by atoms with Gasteiger partial charge in [0.05, 0.1) is 16.3 Å². The Kier molecular flexibility index (Phi) is 9.03. The number of benzene rings is 6. The molecule has 2 aliphatic carbocycles. The van der Waals surface area contributed by atoms with Crippen molar-refractivity contribution in [3.63, 3.8) is 0 Å². The zero-order chi connectivity index (χ0) is 34.4. The zero-order valence-corrected chi connectivity index (χ0v) is 31.8. The van der Waals surface area contributed by atoms with Gasteiger partial charge in [0.25, 0.3) is 0 Å². The van der Waals surface area contributed by atoms with Crippen LogP contribution in [-0.2, 0) is 0 Å². The molecule has 0 N–H and O–H groups in total. The third-order valence-electron chi connectivity index (χ3n) is 12.7. The molecule has 10 rings (SSSR count). The fourth-order valence-electron chi connectivity index (χ4n) is 10.1. The van der Waals surface area contributed by atoms with Crippen LogP contribution in [0.15, 0.2) is 121 Å². The summed E-state index contributed by atoms with van der Waals surface area (Å²) < 4.78 is 15.3. The van der Waals surface area contributed by atoms with Crippen LogP contribution < -0.4 is 9.05 Å². The average molecular weight is 719 g/mol. The lowest BCUT2D eigenvalue weighted by molar-refractivity contribution is 0.299. The van der Waals surface area contributed by atoms with E-state index in [2.05, 4.69) is 121 Å². The molecule has 0 radical (unpaired) electrons. The molecule has 6 aromatic carbocycles. The van der Waals surface area contributed by atoms with Gasteiger partial charge in [0.1, 0.15) is 11.5 Å². The molecule has 52 heavy (non-hydrogen) atoms. The SMILES string of the molecule is c1ccc(-c2cc3ccccc3c(-c3c(OP4C[C@H]5CCCC[C@@H]5C4)c(-c4ccccc4)cc4ccccc34)c2OP2C[C@H]3CCCC[C@@H]3C2)cc1. The normalized spacial score (nSPS) is 23.5. The second-order valence-electron chi connectivity index (χ2n) is 15.9. The smallest absolute Gasteiger partial charge is 0.139 e. The first-order valence-corrected chi connectivity index (χ1v) is 23.1. The van der Waals surface area contributed by atoms with Crippen LogP contribution in [0.1, 0.15) is 51.4 Å². The summed E-state index contributed by atoms with van der Waals surface area (Å²) in [7, 11) is -1.21. The molecule has 0 bridgehead atoms. The molecule has 6 aromatic rings. The van der Waals surface area contributed by atoms with Crippen molar-refractivity contribution in [1.82, 2.24) is 0 Å². The maximum absolute atomic E-state index is 7.66. The predicted octanol–water partition coefficient (Wildman–Crippen LogP) is 14.2. The Balaban J connectivity index is 1.25. The van der Waals surface area contributed by atoms with E-state index in [0.29, 0.717) is 0 Å². The van der Waals surface area contributed by atoms with Gasteiger partial charge in [-0.15, -0.1) is 0 Å². The topological polar surface area (TPSA) is 18.5 Å². The van der Waals surface area contributed by atoms with Crippen molar-refractivity contribution in [1.29, 1.82) is 0 Å². The van der Waals surface area contributed by atoms with Crippen LogP contribution >= 0.6 is 16.3 Å². The lowest BCUT2D eigenvalue weighted by atomic mass is 9.82. The molecule has 262 valence electrons. The Hall–Kier alpha value is -3.70. The van der Waals surface area contributed by atoms with Crippen molar-refractivity contribution in [2.24, 2.45) is 23.7 Å². The minimum absolute atomic E-state index is 0.604. The van der Waals surface area contributed by atoms with Gasteiger partial charge >= 0.3 is 0 Å². The van der Waals surface area contributed by atoms with E-state index in [1.807, 2.05) is 0 Å². The maximum Gasteiger partial charge on any atom is 0.139 e. The highest BCUT2D eigenvalue weighted by molar-refractivity contribution is 7.53. The molecule has 4 fully saturated rings. The Morgan fingerprint density at radius 2 is 0.750 bits per heavy atom. The van der Waals surface area contributed by atoms with Crippen molar-refractivity contribution in [2.75, 3.05) is 24.6 Å². The standard InChI is InChI=1S/C48H48O2P2/c1-3-15-33(16-4-1)43-27-35-19-11-13-25-41(35)45(47(43)49-51-29-37-21-7-8-22-38(37)30-51)46-42-26-14-12-20-36(42)28-44(34-17-5-2-6-18-34)48(46)50-52-31-39-23-9-10-24-40(39)32-52/h1-6,11-20,25-28,37-40H,7-10,21-24,29-32H2/t37-,38-,39-,40-/m1/s1. The summed E-state index contributed by atoms with van der Waals surface area (Å²) in [4.78, 5) is 0. The highest BCUT2D eigenvalue weighted by atomic mass is 31.1. The summed E-state index contributed by atoms with van der Waals surface area (Å²) in [5.41, 5.74) is 7.25. The van der Waals surface area contributed by atoms with Gasteiger partial charge in [0, 0.05) is 46.9 Å². The molecule has 2 saturated carbocycles. The van der Waals surface area contributed by atoms with E-state index < -0.39 is 16.3 Å². The van der Waals surface area contributed by atoms with Crippen LogP contribution in [0.25, 0.3) is 54.9 Å². The van der Waals surface area contributed by atoms with E-state index in [1.165, 1.54) is 131 Å². The Morgan fingerprint density at radius 3 is 1.13 bits per heavy atom. The van der Waals surface area contributed by atoms with Gasteiger partial charge in [-0.1, -0.05) is 135 Å². The summed E-state index contributed by atoms with van der Waals surface area (Å²) >= 11 is 0. The van der Waals surface area contributed by atoms with Gasteiger partial charge in [-0.25, -0.2) is 0 Å². The van der Waals surface area contributed by atoms with E-state index in [4.69, 9.17) is 9.05 Å². The van der Waals surface area contributed by atoms with Crippen molar-refractivity contribution in [2.45, 2.75) is 51.4 Å². The fourth-order valence-corrected chi connectivity index (χ4v) is 15.6. The number of hydrogen-bond acceptors (Lipinski definition) is 2. The second kappa shape index (κ2) is 14.3. The van der Waals surface area contributed by atoms with Crippen molar-refractivity contribution < 1.29 is 9.05 Å². The molecule has 4 atom stereocenters. The molecule has 2 aliphatic heterocycles. The fraction of sp³-hybridized carbons (Fsp3) is 0.333. The van der Waals surface area contributed by atoms with E-state index in [9.17, 15) is 0 Å². The first-order valence-electron chi connectivity index (χ1n) is 19.9. The number of rotatable bonds is 7. The monoisotopic (exact) mass is 718 g/mol. The maximum atomic E-state index is 7.66. The predicted molar refractivity (Wildman–Crippen MR) is 223 cm³/mol. The van der Waals surface area contributed by atoms with Crippen molar-refractivity contribution in [3.8, 4) is 44.9 Å². The lowest BCUT2D eigenvalue weighted by Gasteiger charge is -2.27. The second-order valence-corrected chi connectivity index (χ2v) is 19.7. The van der Waals surface area contributed by atoms with Gasteiger partial charge in [-0.3, -0.25) is 0 Å². The van der Waals surface area contributed by atoms with E-state index in [0.717, 1.165) is 35.2 Å². The van der Waals surface area contributed by atoms with Crippen LogP contribution in [0.2, 0.25) is 0 Å². The molecular weight excluding hydrogens is 670 g/mol. The van der Waals surface area contributed by atoms with Crippen LogP contribution in [0, 0.1) is 23.7 Å². The summed E-state index contributed by atoms with van der Waals surface area (Å²) in [6.07, 6.45) is 15.9. The van der Waals surface area contributed by atoms with Gasteiger partial charge in [0.2, 0.25) is 0 Å². The molecule has 0 unspecified atom stereocenters. The highest BCUT2D eigenvalue weighted by Crippen LogP contribution is 2.62. The summed E-state index contributed by atoms with van der Waals surface area (Å²) in [6, 6.07) is 44.8. The third kappa shape index (κ3) is 6.15. The Bertz CT molecular complexity index is 2030. The zero-order valence-electron chi connectivity index (χ0n) is 30.1. The molecule has 2 heterocycles. The van der Waals surface area contributed by atoms with Crippen LogP contribution in [-0.4, -0.2) is 24.6 Å². The lowest BCUT2D eigenvalue weighted by Crippen LogP contribution is -2.16. The Labute approximate surface area is 311 Å². The number of fused-ring (bicyclic) bond motifs is 4. The molecule has 0 spiro atoms. The van der Waals surface area contributed by atoms with Gasteiger partial charge < -0.3 is 9.05 Å². The van der Waals surface area contributed by atoms with Gasteiger partial charge in [0.15, 0.2) is 0 Å². The van der Waals surface area contributed by atoms with Crippen LogP contribution in [0.3, 0.4) is 0 Å². The minimum Gasteiger partial charge on any atom is -0.473 e. The van der Waals surface area contributed by atoms with Crippen LogP contribution in [0.5, 0.6) is 11.5 Å². The Morgan fingerprint density at radius 1 is 0.404 bits per heavy atom.